The number of anilines is 2. The van der Waals surface area contributed by atoms with Crippen LogP contribution in [0.1, 0.15) is 10.4 Å². The zero-order valence-corrected chi connectivity index (χ0v) is 15.1. The summed E-state index contributed by atoms with van der Waals surface area (Å²) < 4.78 is 0. The first-order valence-corrected chi connectivity index (χ1v) is 8.93. The predicted octanol–water partition coefficient (Wildman–Crippen LogP) is 0.783. The number of nitrogens with zero attached hydrogens (tertiary/aromatic N) is 1. The lowest BCUT2D eigenvalue weighted by Gasteiger charge is -2.33. The average molecular weight is 374 g/mol. The molecule has 1 heterocycles. The molecular formula is C19H22ClN4O2+. The van der Waals surface area contributed by atoms with Crippen molar-refractivity contribution >= 4 is 34.8 Å². The van der Waals surface area contributed by atoms with Gasteiger partial charge in [0, 0.05) is 10.7 Å². The van der Waals surface area contributed by atoms with Crippen LogP contribution in [0.5, 0.6) is 0 Å². The Hall–Kier alpha value is -2.57. The quantitative estimate of drug-likeness (QED) is 0.724. The maximum absolute atomic E-state index is 12.3. The summed E-state index contributed by atoms with van der Waals surface area (Å²) in [4.78, 5) is 27.3. The molecular weight excluding hydrogens is 352 g/mol. The van der Waals surface area contributed by atoms with Crippen molar-refractivity contribution in [2.45, 2.75) is 0 Å². The lowest BCUT2D eigenvalue weighted by molar-refractivity contribution is -0.892. The molecule has 0 spiro atoms. The van der Waals surface area contributed by atoms with E-state index >= 15 is 0 Å². The summed E-state index contributed by atoms with van der Waals surface area (Å²) in [6, 6.07) is 14.6. The van der Waals surface area contributed by atoms with E-state index in [1.807, 2.05) is 24.3 Å². The summed E-state index contributed by atoms with van der Waals surface area (Å²) in [5.74, 6) is -0.668. The van der Waals surface area contributed by atoms with Gasteiger partial charge >= 0.3 is 0 Å². The summed E-state index contributed by atoms with van der Waals surface area (Å²) >= 11 is 5.93. The normalized spacial score (nSPS) is 14.9. The minimum atomic E-state index is -0.551. The minimum Gasteiger partial charge on any atom is -0.366 e. The number of carbonyl (C=O) groups excluding carboxylic acids is 2. The molecule has 0 saturated carbocycles. The molecule has 0 bridgehead atoms. The Bertz CT molecular complexity index is 786. The molecule has 1 saturated heterocycles. The van der Waals surface area contributed by atoms with Crippen LogP contribution in [-0.2, 0) is 4.79 Å². The van der Waals surface area contributed by atoms with Crippen LogP contribution in [0, 0.1) is 0 Å². The number of hydrogen-bond donors (Lipinski definition) is 3. The van der Waals surface area contributed by atoms with Crippen LogP contribution in [0.4, 0.5) is 11.4 Å². The Balaban J connectivity index is 1.52. The molecule has 2 amide bonds. The van der Waals surface area contributed by atoms with Gasteiger partial charge < -0.3 is 20.9 Å². The molecule has 136 valence electrons. The number of nitrogens with two attached hydrogens (primary N) is 1. The van der Waals surface area contributed by atoms with Crippen LogP contribution < -0.4 is 20.9 Å². The molecule has 3 rings (SSSR count). The zero-order valence-electron chi connectivity index (χ0n) is 14.4. The van der Waals surface area contributed by atoms with Crippen molar-refractivity contribution in [2.75, 3.05) is 42.9 Å². The Labute approximate surface area is 157 Å². The second-order valence-corrected chi connectivity index (χ2v) is 6.78. The highest BCUT2D eigenvalue weighted by molar-refractivity contribution is 6.30. The molecule has 2 aromatic carbocycles. The smallest absolute Gasteiger partial charge is 0.279 e. The number of hydrogen-bond acceptors (Lipinski definition) is 3. The van der Waals surface area contributed by atoms with E-state index in [0.29, 0.717) is 17.8 Å². The first kappa shape index (κ1) is 18.2. The Kier molecular flexibility index (Phi) is 5.75. The summed E-state index contributed by atoms with van der Waals surface area (Å²) in [5, 5.41) is 3.53. The first-order chi connectivity index (χ1) is 12.5. The zero-order chi connectivity index (χ0) is 18.5. The maximum Gasteiger partial charge on any atom is 0.279 e. The van der Waals surface area contributed by atoms with Gasteiger partial charge in [0.05, 0.1) is 37.4 Å². The summed E-state index contributed by atoms with van der Waals surface area (Å²) in [6.07, 6.45) is 0. The van der Waals surface area contributed by atoms with Crippen LogP contribution in [0.25, 0.3) is 0 Å². The standard InChI is InChI=1S/C19H21ClN4O2/c20-14-5-7-15(8-6-14)24-11-9-23(10-12-24)13-18(25)22-17-4-2-1-3-16(17)19(21)26/h1-8H,9-13H2,(H2,21,26)(H,22,25)/p+1. The van der Waals surface area contributed by atoms with Gasteiger partial charge in [0.1, 0.15) is 0 Å². The summed E-state index contributed by atoms with van der Waals surface area (Å²) in [5.41, 5.74) is 7.28. The number of para-hydroxylation sites is 1. The lowest BCUT2D eigenvalue weighted by Crippen LogP contribution is -3.15. The number of quaternary nitrogens is 1. The van der Waals surface area contributed by atoms with Crippen molar-refractivity contribution in [1.29, 1.82) is 0 Å². The van der Waals surface area contributed by atoms with Gasteiger partial charge in [-0.1, -0.05) is 23.7 Å². The minimum absolute atomic E-state index is 0.117. The average Bonchev–Trinajstić information content (AvgIpc) is 2.63. The van der Waals surface area contributed by atoms with Gasteiger partial charge in [-0.25, -0.2) is 0 Å². The number of amides is 2. The highest BCUT2D eigenvalue weighted by Crippen LogP contribution is 2.17. The van der Waals surface area contributed by atoms with E-state index in [1.165, 1.54) is 4.90 Å². The molecule has 1 fully saturated rings. The third-order valence-corrected chi connectivity index (χ3v) is 4.79. The predicted molar refractivity (Wildman–Crippen MR) is 103 cm³/mol. The number of piperazine rings is 1. The van der Waals surface area contributed by atoms with E-state index in [2.05, 4.69) is 10.2 Å². The fourth-order valence-corrected chi connectivity index (χ4v) is 3.26. The van der Waals surface area contributed by atoms with E-state index in [-0.39, 0.29) is 5.91 Å². The van der Waals surface area contributed by atoms with Crippen molar-refractivity contribution in [3.63, 3.8) is 0 Å². The molecule has 1 aliphatic rings. The van der Waals surface area contributed by atoms with Gasteiger partial charge in [-0.2, -0.15) is 0 Å². The van der Waals surface area contributed by atoms with Crippen LogP contribution in [-0.4, -0.2) is 44.5 Å². The van der Waals surface area contributed by atoms with Crippen LogP contribution in [0.15, 0.2) is 48.5 Å². The molecule has 4 N–H and O–H groups in total. The summed E-state index contributed by atoms with van der Waals surface area (Å²) in [7, 11) is 0. The highest BCUT2D eigenvalue weighted by atomic mass is 35.5. The molecule has 0 atom stereocenters. The SMILES string of the molecule is NC(=O)c1ccccc1NC(=O)C[NH+]1CCN(c2ccc(Cl)cc2)CC1. The monoisotopic (exact) mass is 373 g/mol. The molecule has 0 radical (unpaired) electrons. The Morgan fingerprint density at radius 1 is 1.08 bits per heavy atom. The molecule has 0 aromatic heterocycles. The molecule has 26 heavy (non-hydrogen) atoms. The van der Waals surface area contributed by atoms with Crippen LogP contribution in [0.3, 0.4) is 0 Å². The topological polar surface area (TPSA) is 79.9 Å². The van der Waals surface area contributed by atoms with Crippen molar-refractivity contribution in [2.24, 2.45) is 5.73 Å². The number of carbonyl (C=O) groups is 2. The fraction of sp³-hybridized carbons (Fsp3) is 0.263. The molecule has 0 unspecified atom stereocenters. The van der Waals surface area contributed by atoms with E-state index in [1.54, 1.807) is 24.3 Å². The third-order valence-electron chi connectivity index (χ3n) is 4.54. The lowest BCUT2D eigenvalue weighted by atomic mass is 10.1. The van der Waals surface area contributed by atoms with Gasteiger partial charge in [-0.05, 0) is 36.4 Å². The van der Waals surface area contributed by atoms with Crippen LogP contribution in [0.2, 0.25) is 5.02 Å². The number of halogens is 1. The molecule has 7 heteroatoms. The van der Waals surface area contributed by atoms with Crippen molar-refractivity contribution in [3.05, 3.63) is 59.1 Å². The second-order valence-electron chi connectivity index (χ2n) is 6.35. The van der Waals surface area contributed by atoms with E-state index < -0.39 is 5.91 Å². The van der Waals surface area contributed by atoms with Crippen molar-refractivity contribution < 1.29 is 14.5 Å². The Morgan fingerprint density at radius 3 is 2.38 bits per heavy atom. The number of benzene rings is 2. The molecule has 0 aliphatic carbocycles. The number of nitrogens with one attached hydrogen (secondary N) is 2. The van der Waals surface area contributed by atoms with Crippen molar-refractivity contribution in [1.82, 2.24) is 0 Å². The fourth-order valence-electron chi connectivity index (χ4n) is 3.14. The van der Waals surface area contributed by atoms with Gasteiger partial charge in [-0.15, -0.1) is 0 Å². The highest BCUT2D eigenvalue weighted by Gasteiger charge is 2.23. The number of primary amides is 1. The Morgan fingerprint density at radius 2 is 1.73 bits per heavy atom. The largest absolute Gasteiger partial charge is 0.366 e. The van der Waals surface area contributed by atoms with Crippen molar-refractivity contribution in [3.8, 4) is 0 Å². The molecule has 2 aromatic rings. The molecule has 6 nitrogen and oxygen atoms in total. The van der Waals surface area contributed by atoms with Crippen LogP contribution >= 0.6 is 11.6 Å². The first-order valence-electron chi connectivity index (χ1n) is 8.55. The number of rotatable bonds is 5. The van der Waals surface area contributed by atoms with E-state index in [9.17, 15) is 9.59 Å². The van der Waals surface area contributed by atoms with Gasteiger partial charge in [-0.3, -0.25) is 9.59 Å². The third kappa shape index (κ3) is 4.53. The van der Waals surface area contributed by atoms with E-state index in [4.69, 9.17) is 17.3 Å². The second kappa shape index (κ2) is 8.21. The maximum atomic E-state index is 12.3. The van der Waals surface area contributed by atoms with E-state index in [0.717, 1.165) is 36.9 Å². The van der Waals surface area contributed by atoms with Gasteiger partial charge in [0.15, 0.2) is 6.54 Å². The summed E-state index contributed by atoms with van der Waals surface area (Å²) in [6.45, 7) is 3.85. The van der Waals surface area contributed by atoms with Gasteiger partial charge in [0.2, 0.25) is 0 Å². The van der Waals surface area contributed by atoms with Gasteiger partial charge in [0.25, 0.3) is 11.8 Å². The molecule has 1 aliphatic heterocycles.